The lowest BCUT2D eigenvalue weighted by atomic mass is 9.81. The van der Waals surface area contributed by atoms with Gasteiger partial charge < -0.3 is 20.1 Å². The van der Waals surface area contributed by atoms with Crippen molar-refractivity contribution in [3.63, 3.8) is 0 Å². The number of fused-ring (bicyclic) bond motifs is 1. The minimum Gasteiger partial charge on any atom is -0.454 e. The predicted octanol–water partition coefficient (Wildman–Crippen LogP) is 1.41. The Kier molecular flexibility index (Phi) is 3.14. The van der Waals surface area contributed by atoms with Gasteiger partial charge in [-0.3, -0.25) is 0 Å². The molecule has 2 aliphatic heterocycles. The van der Waals surface area contributed by atoms with Gasteiger partial charge in [-0.1, -0.05) is 6.07 Å². The molecule has 2 aliphatic rings. The lowest BCUT2D eigenvalue weighted by molar-refractivity contribution is 0.173. The molecule has 18 heavy (non-hydrogen) atoms. The van der Waals surface area contributed by atoms with Crippen molar-refractivity contribution in [1.29, 1.82) is 0 Å². The van der Waals surface area contributed by atoms with Gasteiger partial charge in [0.2, 0.25) is 6.79 Å². The van der Waals surface area contributed by atoms with E-state index >= 15 is 0 Å². The highest BCUT2D eigenvalue weighted by Crippen LogP contribution is 2.38. The Morgan fingerprint density at radius 2 is 2.17 bits per heavy atom. The van der Waals surface area contributed by atoms with Crippen LogP contribution < -0.4 is 15.2 Å². The molecule has 0 radical (unpaired) electrons. The zero-order valence-electron chi connectivity index (χ0n) is 10.8. The molecule has 2 unspecified atom stereocenters. The van der Waals surface area contributed by atoms with E-state index in [-0.39, 0.29) is 0 Å². The Labute approximate surface area is 108 Å². The predicted molar refractivity (Wildman–Crippen MR) is 70.0 cm³/mol. The van der Waals surface area contributed by atoms with E-state index in [1.807, 2.05) is 6.07 Å². The summed E-state index contributed by atoms with van der Waals surface area (Å²) in [5.41, 5.74) is 7.24. The maximum atomic E-state index is 5.91. The molecule has 1 fully saturated rings. The average molecular weight is 248 g/mol. The van der Waals surface area contributed by atoms with Crippen LogP contribution in [0.2, 0.25) is 0 Å². The van der Waals surface area contributed by atoms with E-state index in [2.05, 4.69) is 24.1 Å². The summed E-state index contributed by atoms with van der Waals surface area (Å²) >= 11 is 0. The third-order valence-corrected chi connectivity index (χ3v) is 4.09. The van der Waals surface area contributed by atoms with Crippen LogP contribution in [0.25, 0.3) is 0 Å². The highest BCUT2D eigenvalue weighted by atomic mass is 16.7. The molecule has 0 bridgehead atoms. The van der Waals surface area contributed by atoms with Gasteiger partial charge in [0.15, 0.2) is 11.5 Å². The molecule has 4 heteroatoms. The second kappa shape index (κ2) is 4.78. The highest BCUT2D eigenvalue weighted by Gasteiger charge is 2.29. The van der Waals surface area contributed by atoms with Crippen LogP contribution in [0.15, 0.2) is 18.2 Å². The topological polar surface area (TPSA) is 47.7 Å². The van der Waals surface area contributed by atoms with Gasteiger partial charge in [-0.15, -0.1) is 0 Å². The molecule has 0 aromatic heterocycles. The van der Waals surface area contributed by atoms with Gasteiger partial charge in [-0.25, -0.2) is 0 Å². The minimum atomic E-state index is 0.337. The van der Waals surface area contributed by atoms with E-state index in [0.29, 0.717) is 18.6 Å². The number of piperidine rings is 1. The summed E-state index contributed by atoms with van der Waals surface area (Å²) < 4.78 is 10.8. The Bertz CT molecular complexity index is 436. The van der Waals surface area contributed by atoms with Crippen LogP contribution in [0.1, 0.15) is 17.9 Å². The zero-order chi connectivity index (χ0) is 12.5. The number of hydrogen-bond donors (Lipinski definition) is 1. The second-order valence-electron chi connectivity index (χ2n) is 5.27. The Balaban J connectivity index is 1.87. The maximum Gasteiger partial charge on any atom is 0.231 e. The van der Waals surface area contributed by atoms with Crippen LogP contribution in [0, 0.1) is 5.92 Å². The average Bonchev–Trinajstić information content (AvgIpc) is 2.85. The van der Waals surface area contributed by atoms with Crippen molar-refractivity contribution in [3.8, 4) is 11.5 Å². The third kappa shape index (κ3) is 2.06. The van der Waals surface area contributed by atoms with Crippen molar-refractivity contribution in [1.82, 2.24) is 4.90 Å². The summed E-state index contributed by atoms with van der Waals surface area (Å²) in [4.78, 5) is 2.38. The van der Waals surface area contributed by atoms with E-state index in [1.165, 1.54) is 12.0 Å². The lowest BCUT2D eigenvalue weighted by Gasteiger charge is -2.36. The molecule has 1 aromatic rings. The molecular formula is C14H20N2O2. The summed E-state index contributed by atoms with van der Waals surface area (Å²) in [5.74, 6) is 2.80. The maximum absolute atomic E-state index is 5.91. The number of hydrogen-bond acceptors (Lipinski definition) is 4. The van der Waals surface area contributed by atoms with Gasteiger partial charge in [-0.2, -0.15) is 0 Å². The largest absolute Gasteiger partial charge is 0.454 e. The summed E-state index contributed by atoms with van der Waals surface area (Å²) in [6.07, 6.45) is 1.17. The quantitative estimate of drug-likeness (QED) is 0.859. The van der Waals surface area contributed by atoms with Crippen molar-refractivity contribution in [2.45, 2.75) is 12.3 Å². The molecule has 0 saturated carbocycles. The van der Waals surface area contributed by atoms with Crippen LogP contribution >= 0.6 is 0 Å². The first-order valence-electron chi connectivity index (χ1n) is 6.56. The Morgan fingerprint density at radius 3 is 3.00 bits per heavy atom. The molecule has 0 spiro atoms. The fourth-order valence-electron chi connectivity index (χ4n) is 2.97. The smallest absolute Gasteiger partial charge is 0.231 e. The van der Waals surface area contributed by atoms with Gasteiger partial charge in [0.1, 0.15) is 0 Å². The van der Waals surface area contributed by atoms with Gasteiger partial charge in [-0.05, 0) is 50.2 Å². The minimum absolute atomic E-state index is 0.337. The molecule has 0 aliphatic carbocycles. The summed E-state index contributed by atoms with van der Waals surface area (Å²) in [6, 6.07) is 6.29. The van der Waals surface area contributed by atoms with E-state index in [9.17, 15) is 0 Å². The normalized spacial score (nSPS) is 27.4. The van der Waals surface area contributed by atoms with Crippen molar-refractivity contribution >= 4 is 0 Å². The van der Waals surface area contributed by atoms with Gasteiger partial charge in [0.25, 0.3) is 0 Å². The number of nitrogens with zero attached hydrogens (tertiary/aromatic N) is 1. The molecule has 98 valence electrons. The molecule has 4 nitrogen and oxygen atoms in total. The fourth-order valence-corrected chi connectivity index (χ4v) is 2.97. The number of likely N-dealkylation sites (N-methyl/N-ethyl adjacent to an activating group) is 1. The molecule has 0 amide bonds. The molecular weight excluding hydrogens is 228 g/mol. The van der Waals surface area contributed by atoms with Gasteiger partial charge >= 0.3 is 0 Å². The fraction of sp³-hybridized carbons (Fsp3) is 0.571. The summed E-state index contributed by atoms with van der Waals surface area (Å²) in [6.45, 7) is 3.31. The van der Waals surface area contributed by atoms with E-state index < -0.39 is 0 Å². The summed E-state index contributed by atoms with van der Waals surface area (Å²) in [5, 5.41) is 0. The number of nitrogens with two attached hydrogens (primary N) is 1. The van der Waals surface area contributed by atoms with Crippen LogP contribution in [0.4, 0.5) is 0 Å². The van der Waals surface area contributed by atoms with E-state index in [1.54, 1.807) is 0 Å². The lowest BCUT2D eigenvalue weighted by Crippen LogP contribution is -2.39. The third-order valence-electron chi connectivity index (χ3n) is 4.09. The van der Waals surface area contributed by atoms with Crippen molar-refractivity contribution in [3.05, 3.63) is 23.8 Å². The van der Waals surface area contributed by atoms with Crippen LogP contribution in [-0.2, 0) is 0 Å². The summed E-state index contributed by atoms with van der Waals surface area (Å²) in [7, 11) is 2.17. The van der Waals surface area contributed by atoms with E-state index in [0.717, 1.165) is 31.1 Å². The molecule has 2 N–H and O–H groups in total. The van der Waals surface area contributed by atoms with Gasteiger partial charge in [0, 0.05) is 12.5 Å². The number of likely N-dealkylation sites (tertiary alicyclic amines) is 1. The first-order valence-corrected chi connectivity index (χ1v) is 6.56. The van der Waals surface area contributed by atoms with Crippen molar-refractivity contribution in [2.24, 2.45) is 11.7 Å². The first-order chi connectivity index (χ1) is 8.78. The van der Waals surface area contributed by atoms with Crippen LogP contribution in [-0.4, -0.2) is 38.4 Å². The van der Waals surface area contributed by atoms with E-state index in [4.69, 9.17) is 15.2 Å². The van der Waals surface area contributed by atoms with Crippen molar-refractivity contribution in [2.75, 3.05) is 33.5 Å². The Hall–Kier alpha value is -1.26. The molecule has 2 atom stereocenters. The van der Waals surface area contributed by atoms with Crippen molar-refractivity contribution < 1.29 is 9.47 Å². The standard InChI is InChI=1S/C14H20N2O2/c1-16-5-4-11(7-15)12(8-16)10-2-3-13-14(6-10)18-9-17-13/h2-3,6,11-12H,4-5,7-9,15H2,1H3. The number of benzene rings is 1. The van der Waals surface area contributed by atoms with Crippen LogP contribution in [0.3, 0.4) is 0 Å². The number of ether oxygens (including phenoxy) is 2. The highest BCUT2D eigenvalue weighted by molar-refractivity contribution is 5.45. The van der Waals surface area contributed by atoms with Crippen LogP contribution in [0.5, 0.6) is 11.5 Å². The SMILES string of the molecule is CN1CCC(CN)C(c2ccc3c(c2)OCO3)C1. The molecule has 1 saturated heterocycles. The molecule has 2 heterocycles. The molecule has 1 aromatic carbocycles. The second-order valence-corrected chi connectivity index (χ2v) is 5.27. The Morgan fingerprint density at radius 1 is 1.33 bits per heavy atom. The zero-order valence-corrected chi connectivity index (χ0v) is 10.8. The first kappa shape index (κ1) is 11.8. The number of rotatable bonds is 2. The van der Waals surface area contributed by atoms with Gasteiger partial charge in [0.05, 0.1) is 0 Å². The monoisotopic (exact) mass is 248 g/mol. The molecule has 3 rings (SSSR count).